The minimum absolute atomic E-state index is 0. The minimum atomic E-state index is 0. The lowest BCUT2D eigenvalue weighted by molar-refractivity contribution is 0.156. The molecule has 3 aliphatic rings. The van der Waals surface area contributed by atoms with Gasteiger partial charge in [0.15, 0.2) is 5.96 Å². The first-order valence-corrected chi connectivity index (χ1v) is 8.57. The van der Waals surface area contributed by atoms with E-state index in [1.165, 1.54) is 32.1 Å². The van der Waals surface area contributed by atoms with Crippen molar-refractivity contribution in [1.29, 1.82) is 0 Å². The van der Waals surface area contributed by atoms with Crippen molar-refractivity contribution in [2.24, 2.45) is 16.3 Å². The summed E-state index contributed by atoms with van der Waals surface area (Å²) in [7, 11) is 0. The van der Waals surface area contributed by atoms with Gasteiger partial charge in [-0.05, 0) is 44.9 Å². The van der Waals surface area contributed by atoms with Crippen molar-refractivity contribution in [2.45, 2.75) is 39.0 Å². The van der Waals surface area contributed by atoms with Crippen LogP contribution in [0, 0.1) is 11.3 Å². The lowest BCUT2D eigenvalue weighted by Gasteiger charge is -2.25. The highest BCUT2D eigenvalue weighted by atomic mass is 127. The number of halogens is 1. The Morgan fingerprint density at radius 2 is 2.32 bits per heavy atom. The first-order valence-electron chi connectivity index (χ1n) is 8.57. The molecule has 2 heterocycles. The summed E-state index contributed by atoms with van der Waals surface area (Å²) in [6.45, 7) is 8.19. The second-order valence-electron chi connectivity index (χ2n) is 6.82. The van der Waals surface area contributed by atoms with Crippen molar-refractivity contribution in [1.82, 2.24) is 10.2 Å². The van der Waals surface area contributed by atoms with Crippen molar-refractivity contribution >= 4 is 29.9 Å². The van der Waals surface area contributed by atoms with Crippen LogP contribution in [0.3, 0.4) is 0 Å². The van der Waals surface area contributed by atoms with E-state index >= 15 is 0 Å². The van der Waals surface area contributed by atoms with E-state index in [1.807, 2.05) is 0 Å². The Kier molecular flexibility index (Phi) is 6.99. The van der Waals surface area contributed by atoms with Gasteiger partial charge >= 0.3 is 0 Å². The molecule has 0 saturated carbocycles. The number of ether oxygens (including phenoxy) is 1. The molecule has 1 spiro atoms. The number of aliphatic imine (C=N–C) groups is 1. The van der Waals surface area contributed by atoms with Gasteiger partial charge in [-0.3, -0.25) is 4.99 Å². The number of nitrogens with zero attached hydrogens (tertiary/aromatic N) is 2. The summed E-state index contributed by atoms with van der Waals surface area (Å²) in [5.74, 6) is 1.85. The number of guanidine groups is 1. The summed E-state index contributed by atoms with van der Waals surface area (Å²) in [5.41, 5.74) is 0.407. The molecule has 0 bridgehead atoms. The average molecular weight is 419 g/mol. The van der Waals surface area contributed by atoms with Crippen LogP contribution in [-0.4, -0.2) is 50.3 Å². The summed E-state index contributed by atoms with van der Waals surface area (Å²) in [4.78, 5) is 7.39. The molecule has 2 saturated heterocycles. The molecule has 2 unspecified atom stereocenters. The van der Waals surface area contributed by atoms with Crippen molar-refractivity contribution < 1.29 is 4.74 Å². The molecule has 0 radical (unpaired) electrons. The van der Waals surface area contributed by atoms with E-state index in [1.54, 1.807) is 0 Å². The van der Waals surface area contributed by atoms with Crippen LogP contribution in [0.15, 0.2) is 17.1 Å². The third-order valence-electron chi connectivity index (χ3n) is 5.13. The number of rotatable bonds is 3. The average Bonchev–Trinajstić information content (AvgIpc) is 3.15. The molecule has 0 aromatic rings. The number of nitrogens with one attached hydrogen (secondary N) is 1. The molecule has 0 aromatic heterocycles. The highest BCUT2D eigenvalue weighted by molar-refractivity contribution is 14.0. The maximum atomic E-state index is 5.63. The molecule has 22 heavy (non-hydrogen) atoms. The zero-order chi connectivity index (χ0) is 14.5. The van der Waals surface area contributed by atoms with Gasteiger partial charge in [-0.15, -0.1) is 24.0 Å². The van der Waals surface area contributed by atoms with Crippen molar-refractivity contribution in [3.05, 3.63) is 12.2 Å². The molecule has 0 amide bonds. The SMILES string of the molecule is CCNC(=NCC1CC=CCC1)N1CCC2(CCOC2)C1.I. The molecule has 1 N–H and O–H groups in total. The molecule has 2 aliphatic heterocycles. The molecule has 2 atom stereocenters. The van der Waals surface area contributed by atoms with Gasteiger partial charge in [0.2, 0.25) is 0 Å². The molecule has 5 heteroatoms. The van der Waals surface area contributed by atoms with E-state index in [9.17, 15) is 0 Å². The topological polar surface area (TPSA) is 36.9 Å². The van der Waals surface area contributed by atoms with Gasteiger partial charge < -0.3 is 15.0 Å². The molecule has 2 fully saturated rings. The molecular formula is C17H30IN3O. The summed E-state index contributed by atoms with van der Waals surface area (Å²) in [6, 6.07) is 0. The highest BCUT2D eigenvalue weighted by Crippen LogP contribution is 2.38. The standard InChI is InChI=1S/C17H29N3O.HI/c1-2-18-16(19-12-15-6-4-3-5-7-15)20-10-8-17(13-20)9-11-21-14-17;/h3-4,15H,2,5-14H2,1H3,(H,18,19);1H. The highest BCUT2D eigenvalue weighted by Gasteiger charge is 2.42. The second kappa shape index (κ2) is 8.52. The van der Waals surface area contributed by atoms with Gasteiger partial charge in [0.25, 0.3) is 0 Å². The normalized spacial score (nSPS) is 31.6. The Morgan fingerprint density at radius 3 is 3.00 bits per heavy atom. The minimum Gasteiger partial charge on any atom is -0.381 e. The summed E-state index contributed by atoms with van der Waals surface area (Å²) >= 11 is 0. The molecule has 3 rings (SSSR count). The third-order valence-corrected chi connectivity index (χ3v) is 5.13. The van der Waals surface area contributed by atoms with E-state index in [4.69, 9.17) is 9.73 Å². The van der Waals surface area contributed by atoms with E-state index in [0.29, 0.717) is 5.41 Å². The van der Waals surface area contributed by atoms with Crippen LogP contribution in [0.4, 0.5) is 0 Å². The van der Waals surface area contributed by atoms with Gasteiger partial charge in [0.1, 0.15) is 0 Å². The van der Waals surface area contributed by atoms with Crippen LogP contribution in [0.2, 0.25) is 0 Å². The maximum Gasteiger partial charge on any atom is 0.193 e. The van der Waals surface area contributed by atoms with Gasteiger partial charge in [0, 0.05) is 38.2 Å². The van der Waals surface area contributed by atoms with Crippen LogP contribution >= 0.6 is 24.0 Å². The summed E-state index contributed by atoms with van der Waals surface area (Å²) in [5, 5.41) is 3.49. The fourth-order valence-corrected chi connectivity index (χ4v) is 3.75. The van der Waals surface area contributed by atoms with Crippen molar-refractivity contribution in [3.63, 3.8) is 0 Å². The summed E-state index contributed by atoms with van der Waals surface area (Å²) in [6.07, 6.45) is 10.8. The van der Waals surface area contributed by atoms with Crippen LogP contribution in [0.1, 0.15) is 39.0 Å². The molecular weight excluding hydrogens is 389 g/mol. The molecule has 4 nitrogen and oxygen atoms in total. The lowest BCUT2D eigenvalue weighted by Crippen LogP contribution is -2.41. The first kappa shape index (κ1) is 18.0. The molecule has 0 aromatic carbocycles. The summed E-state index contributed by atoms with van der Waals surface area (Å²) < 4.78 is 5.63. The zero-order valence-corrected chi connectivity index (χ0v) is 16.1. The van der Waals surface area contributed by atoms with E-state index in [-0.39, 0.29) is 24.0 Å². The monoisotopic (exact) mass is 419 g/mol. The predicted molar refractivity (Wildman–Crippen MR) is 102 cm³/mol. The predicted octanol–water partition coefficient (Wildman–Crippen LogP) is 3.04. The quantitative estimate of drug-likeness (QED) is 0.331. The van der Waals surface area contributed by atoms with Crippen LogP contribution < -0.4 is 5.32 Å². The Bertz CT molecular complexity index is 405. The Hall–Kier alpha value is -0.300. The van der Waals surface area contributed by atoms with Gasteiger partial charge in [-0.25, -0.2) is 0 Å². The van der Waals surface area contributed by atoms with Gasteiger partial charge in [0.05, 0.1) is 6.61 Å². The first-order chi connectivity index (χ1) is 10.3. The zero-order valence-electron chi connectivity index (χ0n) is 13.7. The third kappa shape index (κ3) is 4.37. The van der Waals surface area contributed by atoms with Crippen LogP contribution in [0.5, 0.6) is 0 Å². The number of likely N-dealkylation sites (tertiary alicyclic amines) is 1. The van der Waals surface area contributed by atoms with Crippen molar-refractivity contribution in [3.8, 4) is 0 Å². The van der Waals surface area contributed by atoms with Crippen LogP contribution in [0.25, 0.3) is 0 Å². The Labute approximate surface area is 151 Å². The van der Waals surface area contributed by atoms with Crippen LogP contribution in [-0.2, 0) is 4.74 Å². The van der Waals surface area contributed by atoms with Crippen molar-refractivity contribution in [2.75, 3.05) is 39.4 Å². The number of hydrogen-bond donors (Lipinski definition) is 1. The fraction of sp³-hybridized carbons (Fsp3) is 0.824. The van der Waals surface area contributed by atoms with Gasteiger partial charge in [-0.2, -0.15) is 0 Å². The largest absolute Gasteiger partial charge is 0.381 e. The second-order valence-corrected chi connectivity index (χ2v) is 6.82. The lowest BCUT2D eigenvalue weighted by atomic mass is 9.87. The number of allylic oxidation sites excluding steroid dienone is 2. The Morgan fingerprint density at radius 1 is 1.41 bits per heavy atom. The van der Waals surface area contributed by atoms with E-state index in [2.05, 4.69) is 29.3 Å². The van der Waals surface area contributed by atoms with E-state index < -0.39 is 0 Å². The smallest absolute Gasteiger partial charge is 0.193 e. The fourth-order valence-electron chi connectivity index (χ4n) is 3.75. The maximum absolute atomic E-state index is 5.63. The van der Waals surface area contributed by atoms with E-state index in [0.717, 1.165) is 51.3 Å². The molecule has 1 aliphatic carbocycles. The Balaban J connectivity index is 0.00000176. The number of hydrogen-bond acceptors (Lipinski definition) is 2. The molecule has 126 valence electrons. The van der Waals surface area contributed by atoms with Gasteiger partial charge in [-0.1, -0.05) is 12.2 Å².